The standard InChI is InChI=1S/C19H32N2O2/c1-15(2)17(16-10-7-6-8-11-16)14-20-12-9-13-21-18(22)23-19(3,4)5/h6-8,10-11,15,17,20H,9,12-14H2,1-5H3,(H,21,22). The molecule has 1 aromatic rings. The summed E-state index contributed by atoms with van der Waals surface area (Å²) in [5, 5.41) is 6.28. The molecule has 1 atom stereocenters. The van der Waals surface area contributed by atoms with E-state index < -0.39 is 5.60 Å². The number of hydrogen-bond donors (Lipinski definition) is 2. The van der Waals surface area contributed by atoms with Gasteiger partial charge >= 0.3 is 6.09 Å². The molecule has 0 radical (unpaired) electrons. The lowest BCUT2D eigenvalue weighted by Gasteiger charge is -2.22. The maximum absolute atomic E-state index is 11.5. The summed E-state index contributed by atoms with van der Waals surface area (Å²) in [4.78, 5) is 11.5. The highest BCUT2D eigenvalue weighted by Crippen LogP contribution is 2.23. The monoisotopic (exact) mass is 320 g/mol. The van der Waals surface area contributed by atoms with Gasteiger partial charge in [-0.3, -0.25) is 0 Å². The van der Waals surface area contributed by atoms with Gasteiger partial charge in [-0.05, 0) is 51.1 Å². The van der Waals surface area contributed by atoms with Crippen molar-refractivity contribution < 1.29 is 9.53 Å². The zero-order chi connectivity index (χ0) is 17.3. The summed E-state index contributed by atoms with van der Waals surface area (Å²) < 4.78 is 5.20. The SMILES string of the molecule is CC(C)C(CNCCCNC(=O)OC(C)(C)C)c1ccccc1. The minimum atomic E-state index is -0.442. The normalized spacial score (nSPS) is 13.0. The molecule has 4 heteroatoms. The Morgan fingerprint density at radius 2 is 1.78 bits per heavy atom. The van der Waals surface area contributed by atoms with Crippen molar-refractivity contribution in [1.82, 2.24) is 10.6 Å². The van der Waals surface area contributed by atoms with Gasteiger partial charge in [0.2, 0.25) is 0 Å². The van der Waals surface area contributed by atoms with Crippen LogP contribution in [-0.4, -0.2) is 31.3 Å². The Kier molecular flexibility index (Phi) is 8.10. The van der Waals surface area contributed by atoms with Crippen LogP contribution in [0.3, 0.4) is 0 Å². The van der Waals surface area contributed by atoms with Gasteiger partial charge in [-0.25, -0.2) is 4.79 Å². The number of amides is 1. The minimum Gasteiger partial charge on any atom is -0.444 e. The van der Waals surface area contributed by atoms with Gasteiger partial charge in [-0.15, -0.1) is 0 Å². The Morgan fingerprint density at radius 1 is 1.13 bits per heavy atom. The lowest BCUT2D eigenvalue weighted by molar-refractivity contribution is 0.0527. The molecule has 2 N–H and O–H groups in total. The van der Waals surface area contributed by atoms with Crippen LogP contribution < -0.4 is 10.6 Å². The molecule has 0 aliphatic rings. The Hall–Kier alpha value is -1.55. The van der Waals surface area contributed by atoms with Crippen LogP contribution in [0.5, 0.6) is 0 Å². The average molecular weight is 320 g/mol. The highest BCUT2D eigenvalue weighted by molar-refractivity contribution is 5.67. The molecular weight excluding hydrogens is 288 g/mol. The average Bonchev–Trinajstić information content (AvgIpc) is 2.45. The predicted molar refractivity (Wildman–Crippen MR) is 95.7 cm³/mol. The number of hydrogen-bond acceptors (Lipinski definition) is 3. The quantitative estimate of drug-likeness (QED) is 0.714. The van der Waals surface area contributed by atoms with Gasteiger partial charge in [-0.2, -0.15) is 0 Å². The first-order chi connectivity index (χ1) is 10.8. The lowest BCUT2D eigenvalue weighted by Crippen LogP contribution is -2.34. The second kappa shape index (κ2) is 9.56. The zero-order valence-corrected chi connectivity index (χ0v) is 15.2. The van der Waals surface area contributed by atoms with Crippen molar-refractivity contribution in [2.75, 3.05) is 19.6 Å². The molecule has 0 saturated heterocycles. The van der Waals surface area contributed by atoms with Gasteiger partial charge in [0.1, 0.15) is 5.60 Å². The molecule has 0 saturated carbocycles. The number of ether oxygens (including phenoxy) is 1. The Labute approximate surface area is 141 Å². The summed E-state index contributed by atoms with van der Waals surface area (Å²) in [5.74, 6) is 1.10. The van der Waals surface area contributed by atoms with Gasteiger partial charge in [0.15, 0.2) is 0 Å². The number of carbonyl (C=O) groups excluding carboxylic acids is 1. The molecule has 0 aliphatic carbocycles. The fraction of sp³-hybridized carbons (Fsp3) is 0.632. The van der Waals surface area contributed by atoms with Crippen molar-refractivity contribution in [2.24, 2.45) is 5.92 Å². The van der Waals surface area contributed by atoms with Crippen molar-refractivity contribution >= 4 is 6.09 Å². The minimum absolute atomic E-state index is 0.346. The first-order valence-corrected chi connectivity index (χ1v) is 8.52. The van der Waals surface area contributed by atoms with E-state index in [0.717, 1.165) is 19.5 Å². The van der Waals surface area contributed by atoms with Crippen LogP contribution in [0.2, 0.25) is 0 Å². The molecule has 1 amide bonds. The third-order valence-corrected chi connectivity index (χ3v) is 3.60. The molecule has 1 aromatic carbocycles. The summed E-state index contributed by atoms with van der Waals surface area (Å²) in [7, 11) is 0. The van der Waals surface area contributed by atoms with E-state index in [4.69, 9.17) is 4.74 Å². The molecule has 0 heterocycles. The summed E-state index contributed by atoms with van der Waals surface area (Å²) in [6, 6.07) is 10.6. The Balaban J connectivity index is 2.22. The second-order valence-electron chi connectivity index (χ2n) is 7.25. The largest absolute Gasteiger partial charge is 0.444 e. The van der Waals surface area contributed by atoms with Crippen LogP contribution in [0.25, 0.3) is 0 Å². The number of nitrogens with one attached hydrogen (secondary N) is 2. The highest BCUT2D eigenvalue weighted by atomic mass is 16.6. The van der Waals surface area contributed by atoms with Crippen LogP contribution in [0.4, 0.5) is 4.79 Å². The number of benzene rings is 1. The van der Waals surface area contributed by atoms with Crippen LogP contribution in [0.1, 0.15) is 52.5 Å². The van der Waals surface area contributed by atoms with E-state index in [1.165, 1.54) is 5.56 Å². The summed E-state index contributed by atoms with van der Waals surface area (Å²) in [5.41, 5.74) is 0.935. The zero-order valence-electron chi connectivity index (χ0n) is 15.2. The van der Waals surface area contributed by atoms with E-state index >= 15 is 0 Å². The first kappa shape index (κ1) is 19.5. The third-order valence-electron chi connectivity index (χ3n) is 3.60. The van der Waals surface area contributed by atoms with Crippen molar-refractivity contribution in [3.05, 3.63) is 35.9 Å². The van der Waals surface area contributed by atoms with Crippen LogP contribution >= 0.6 is 0 Å². The predicted octanol–water partition coefficient (Wildman–Crippen LogP) is 3.93. The molecule has 1 rings (SSSR count). The van der Waals surface area contributed by atoms with E-state index in [1.54, 1.807) is 0 Å². The lowest BCUT2D eigenvalue weighted by atomic mass is 9.88. The van der Waals surface area contributed by atoms with Crippen LogP contribution in [0.15, 0.2) is 30.3 Å². The van der Waals surface area contributed by atoms with Gasteiger partial charge in [0, 0.05) is 13.1 Å². The maximum atomic E-state index is 11.5. The van der Waals surface area contributed by atoms with Gasteiger partial charge in [0.05, 0.1) is 0 Å². The molecule has 4 nitrogen and oxygen atoms in total. The number of carbonyl (C=O) groups is 1. The first-order valence-electron chi connectivity index (χ1n) is 8.52. The van der Waals surface area contributed by atoms with Crippen molar-refractivity contribution in [1.29, 1.82) is 0 Å². The van der Waals surface area contributed by atoms with Crippen LogP contribution in [0, 0.1) is 5.92 Å². The molecular formula is C19H32N2O2. The molecule has 0 fully saturated rings. The van der Waals surface area contributed by atoms with Crippen LogP contribution in [-0.2, 0) is 4.74 Å². The molecule has 0 spiro atoms. The summed E-state index contributed by atoms with van der Waals surface area (Å²) in [6.45, 7) is 12.6. The van der Waals surface area contributed by atoms with Gasteiger partial charge in [-0.1, -0.05) is 44.2 Å². The van der Waals surface area contributed by atoms with Crippen molar-refractivity contribution in [3.8, 4) is 0 Å². The maximum Gasteiger partial charge on any atom is 0.407 e. The molecule has 1 unspecified atom stereocenters. The second-order valence-corrected chi connectivity index (χ2v) is 7.25. The molecule has 0 bridgehead atoms. The fourth-order valence-corrected chi connectivity index (χ4v) is 2.41. The molecule has 23 heavy (non-hydrogen) atoms. The molecule has 0 aromatic heterocycles. The van der Waals surface area contributed by atoms with Gasteiger partial charge < -0.3 is 15.4 Å². The van der Waals surface area contributed by atoms with E-state index in [2.05, 4.69) is 54.8 Å². The topological polar surface area (TPSA) is 50.4 Å². The van der Waals surface area contributed by atoms with Gasteiger partial charge in [0.25, 0.3) is 0 Å². The fourth-order valence-electron chi connectivity index (χ4n) is 2.41. The van der Waals surface area contributed by atoms with E-state index in [0.29, 0.717) is 18.4 Å². The van der Waals surface area contributed by atoms with E-state index in [1.807, 2.05) is 20.8 Å². The Morgan fingerprint density at radius 3 is 2.35 bits per heavy atom. The molecule has 0 aliphatic heterocycles. The van der Waals surface area contributed by atoms with E-state index in [-0.39, 0.29) is 6.09 Å². The molecule has 130 valence electrons. The summed E-state index contributed by atoms with van der Waals surface area (Å²) in [6.07, 6.45) is 0.542. The smallest absolute Gasteiger partial charge is 0.407 e. The number of alkyl carbamates (subject to hydrolysis) is 1. The Bertz CT molecular complexity index is 452. The highest BCUT2D eigenvalue weighted by Gasteiger charge is 2.16. The van der Waals surface area contributed by atoms with Crippen molar-refractivity contribution in [3.63, 3.8) is 0 Å². The number of rotatable bonds is 8. The van der Waals surface area contributed by atoms with Crippen molar-refractivity contribution in [2.45, 2.75) is 52.6 Å². The van der Waals surface area contributed by atoms with E-state index in [9.17, 15) is 4.79 Å². The third kappa shape index (κ3) is 8.60. The summed E-state index contributed by atoms with van der Waals surface area (Å²) >= 11 is 0.